The molecule has 2 rings (SSSR count). The van der Waals surface area contributed by atoms with Gasteiger partial charge in [-0.3, -0.25) is 4.79 Å². The lowest BCUT2D eigenvalue weighted by molar-refractivity contribution is 0.0981. The Hall–Kier alpha value is -0.840. The smallest absolute Gasteiger partial charge is 0.192 e. The van der Waals surface area contributed by atoms with Gasteiger partial charge in [-0.15, -0.1) is 12.4 Å². The molecule has 2 heterocycles. The van der Waals surface area contributed by atoms with E-state index in [1.165, 1.54) is 0 Å². The van der Waals surface area contributed by atoms with E-state index in [1.54, 1.807) is 6.20 Å². The van der Waals surface area contributed by atoms with Crippen LogP contribution in [0.2, 0.25) is 0 Å². The largest absolute Gasteiger partial charge is 0.359 e. The van der Waals surface area contributed by atoms with Crippen LogP contribution in [-0.4, -0.2) is 36.4 Å². The standard InChI is InChI=1S/C11H17N3O.ClH/c15-11(10-2-1-5-13-10)8-14-9-3-6-12-7-4-9;/h1-2,5,9,12-14H,3-4,6-8H2;1H. The fourth-order valence-electron chi connectivity index (χ4n) is 1.86. The molecule has 1 aromatic rings. The SMILES string of the molecule is Cl.O=C(CNC1CCNCC1)c1ccc[nH]1. The summed E-state index contributed by atoms with van der Waals surface area (Å²) < 4.78 is 0. The van der Waals surface area contributed by atoms with Crippen LogP contribution in [0.3, 0.4) is 0 Å². The van der Waals surface area contributed by atoms with E-state index in [9.17, 15) is 4.79 Å². The minimum absolute atomic E-state index is 0. The number of H-pyrrole nitrogens is 1. The van der Waals surface area contributed by atoms with E-state index in [2.05, 4.69) is 15.6 Å². The molecule has 4 nitrogen and oxygen atoms in total. The zero-order chi connectivity index (χ0) is 10.5. The summed E-state index contributed by atoms with van der Waals surface area (Å²) >= 11 is 0. The van der Waals surface area contributed by atoms with Gasteiger partial charge in [-0.2, -0.15) is 0 Å². The molecule has 0 radical (unpaired) electrons. The quantitative estimate of drug-likeness (QED) is 0.691. The third kappa shape index (κ3) is 3.63. The fraction of sp³-hybridized carbons (Fsp3) is 0.545. The van der Waals surface area contributed by atoms with Gasteiger partial charge in [-0.1, -0.05) is 0 Å². The second-order valence-corrected chi connectivity index (χ2v) is 3.91. The molecule has 0 spiro atoms. The molecule has 5 heteroatoms. The third-order valence-corrected chi connectivity index (χ3v) is 2.79. The normalized spacial score (nSPS) is 16.8. The number of hydrogen-bond acceptors (Lipinski definition) is 3. The number of aromatic amines is 1. The van der Waals surface area contributed by atoms with Gasteiger partial charge in [-0.25, -0.2) is 0 Å². The molecule has 1 aliphatic rings. The summed E-state index contributed by atoms with van der Waals surface area (Å²) in [6.07, 6.45) is 3.99. The molecule has 0 bridgehead atoms. The summed E-state index contributed by atoms with van der Waals surface area (Å²) in [7, 11) is 0. The van der Waals surface area contributed by atoms with Crippen molar-refractivity contribution in [2.45, 2.75) is 18.9 Å². The first-order chi connectivity index (χ1) is 7.36. The van der Waals surface area contributed by atoms with Crippen LogP contribution in [-0.2, 0) is 0 Å². The number of halogens is 1. The van der Waals surface area contributed by atoms with E-state index in [0.717, 1.165) is 25.9 Å². The molecule has 1 aliphatic heterocycles. The van der Waals surface area contributed by atoms with Gasteiger partial charge in [0.05, 0.1) is 12.2 Å². The van der Waals surface area contributed by atoms with Gasteiger partial charge in [0.1, 0.15) is 0 Å². The summed E-state index contributed by atoms with van der Waals surface area (Å²) in [4.78, 5) is 14.6. The van der Waals surface area contributed by atoms with Gasteiger partial charge < -0.3 is 15.6 Å². The lowest BCUT2D eigenvalue weighted by atomic mass is 10.1. The maximum absolute atomic E-state index is 11.6. The molecule has 3 N–H and O–H groups in total. The molecule has 0 amide bonds. The van der Waals surface area contributed by atoms with Crippen molar-refractivity contribution >= 4 is 18.2 Å². The Morgan fingerprint density at radius 1 is 1.44 bits per heavy atom. The molecule has 16 heavy (non-hydrogen) atoms. The Labute approximate surface area is 102 Å². The maximum atomic E-state index is 11.6. The van der Waals surface area contributed by atoms with Crippen molar-refractivity contribution in [3.05, 3.63) is 24.0 Å². The Morgan fingerprint density at radius 3 is 2.81 bits per heavy atom. The zero-order valence-electron chi connectivity index (χ0n) is 9.16. The molecule has 1 aromatic heterocycles. The van der Waals surface area contributed by atoms with Crippen LogP contribution in [0.25, 0.3) is 0 Å². The number of nitrogens with one attached hydrogen (secondary N) is 3. The number of piperidine rings is 1. The molecule has 90 valence electrons. The average Bonchev–Trinajstić information content (AvgIpc) is 2.81. The lowest BCUT2D eigenvalue weighted by Crippen LogP contribution is -2.41. The number of carbonyl (C=O) groups excluding carboxylic acids is 1. The average molecular weight is 244 g/mol. The maximum Gasteiger partial charge on any atom is 0.192 e. The highest BCUT2D eigenvalue weighted by Gasteiger charge is 2.14. The summed E-state index contributed by atoms with van der Waals surface area (Å²) in [5.74, 6) is 0.138. The first-order valence-electron chi connectivity index (χ1n) is 5.47. The minimum atomic E-state index is 0. The Morgan fingerprint density at radius 2 is 2.19 bits per heavy atom. The highest BCUT2D eigenvalue weighted by molar-refractivity contribution is 5.95. The molecule has 0 atom stereocenters. The van der Waals surface area contributed by atoms with E-state index in [-0.39, 0.29) is 18.2 Å². The van der Waals surface area contributed by atoms with E-state index >= 15 is 0 Å². The van der Waals surface area contributed by atoms with Crippen molar-refractivity contribution in [1.82, 2.24) is 15.6 Å². The number of ketones is 1. The predicted octanol–water partition coefficient (Wildman–Crippen LogP) is 0.961. The third-order valence-electron chi connectivity index (χ3n) is 2.79. The molecular weight excluding hydrogens is 226 g/mol. The number of rotatable bonds is 4. The van der Waals surface area contributed by atoms with E-state index in [0.29, 0.717) is 18.3 Å². The van der Waals surface area contributed by atoms with Crippen molar-refractivity contribution in [1.29, 1.82) is 0 Å². The van der Waals surface area contributed by atoms with E-state index in [1.807, 2.05) is 12.1 Å². The lowest BCUT2D eigenvalue weighted by Gasteiger charge is -2.23. The summed E-state index contributed by atoms with van der Waals surface area (Å²) in [5, 5.41) is 6.60. The molecule has 1 saturated heterocycles. The predicted molar refractivity (Wildman–Crippen MR) is 66.3 cm³/mol. The van der Waals surface area contributed by atoms with Crippen LogP contribution < -0.4 is 10.6 Å². The van der Waals surface area contributed by atoms with Crippen LogP contribution >= 0.6 is 12.4 Å². The second-order valence-electron chi connectivity index (χ2n) is 3.91. The summed E-state index contributed by atoms with van der Waals surface area (Å²) in [5.41, 5.74) is 0.691. The molecule has 1 fully saturated rings. The second kappa shape index (κ2) is 6.68. The first kappa shape index (κ1) is 13.2. The van der Waals surface area contributed by atoms with Crippen LogP contribution in [0.1, 0.15) is 23.3 Å². The van der Waals surface area contributed by atoms with Crippen molar-refractivity contribution in [3.8, 4) is 0 Å². The summed E-state index contributed by atoms with van der Waals surface area (Å²) in [6.45, 7) is 2.54. The number of aromatic nitrogens is 1. The molecular formula is C11H18ClN3O. The zero-order valence-corrected chi connectivity index (χ0v) is 9.98. The van der Waals surface area contributed by atoms with Gasteiger partial charge >= 0.3 is 0 Å². The van der Waals surface area contributed by atoms with Crippen molar-refractivity contribution < 1.29 is 4.79 Å². The summed E-state index contributed by atoms with van der Waals surface area (Å²) in [6, 6.07) is 4.15. The molecule has 0 aromatic carbocycles. The van der Waals surface area contributed by atoms with Crippen LogP contribution in [0.4, 0.5) is 0 Å². The van der Waals surface area contributed by atoms with Crippen molar-refractivity contribution in [2.75, 3.05) is 19.6 Å². The molecule has 0 unspecified atom stereocenters. The van der Waals surface area contributed by atoms with Crippen molar-refractivity contribution in [3.63, 3.8) is 0 Å². The highest BCUT2D eigenvalue weighted by Crippen LogP contribution is 2.02. The molecule has 0 aliphatic carbocycles. The van der Waals surface area contributed by atoms with Gasteiger partial charge in [0, 0.05) is 12.2 Å². The Kier molecular flexibility index (Phi) is 5.52. The van der Waals surface area contributed by atoms with E-state index < -0.39 is 0 Å². The Balaban J connectivity index is 0.00000128. The van der Waals surface area contributed by atoms with Crippen molar-refractivity contribution in [2.24, 2.45) is 0 Å². The van der Waals surface area contributed by atoms with Gasteiger partial charge in [0.25, 0.3) is 0 Å². The molecule has 0 saturated carbocycles. The van der Waals surface area contributed by atoms with Gasteiger partial charge in [0.15, 0.2) is 5.78 Å². The minimum Gasteiger partial charge on any atom is -0.359 e. The number of carbonyl (C=O) groups is 1. The van der Waals surface area contributed by atoms with Gasteiger partial charge in [0.2, 0.25) is 0 Å². The fourth-order valence-corrected chi connectivity index (χ4v) is 1.86. The van der Waals surface area contributed by atoms with Gasteiger partial charge in [-0.05, 0) is 38.1 Å². The van der Waals surface area contributed by atoms with E-state index in [4.69, 9.17) is 0 Å². The highest BCUT2D eigenvalue weighted by atomic mass is 35.5. The monoisotopic (exact) mass is 243 g/mol. The topological polar surface area (TPSA) is 56.9 Å². The van der Waals surface area contributed by atoms with Crippen LogP contribution in [0, 0.1) is 0 Å². The van der Waals surface area contributed by atoms with Crippen LogP contribution in [0.15, 0.2) is 18.3 Å². The number of hydrogen-bond donors (Lipinski definition) is 3. The first-order valence-corrected chi connectivity index (χ1v) is 5.47. The number of Topliss-reactive ketones (excluding diaryl/α,β-unsaturated/α-hetero) is 1. The van der Waals surface area contributed by atoms with Crippen LogP contribution in [0.5, 0.6) is 0 Å². The Bertz CT molecular complexity index is 307.